The van der Waals surface area contributed by atoms with Crippen molar-refractivity contribution in [3.63, 3.8) is 0 Å². The van der Waals surface area contributed by atoms with E-state index in [1.54, 1.807) is 36.4 Å². The van der Waals surface area contributed by atoms with Gasteiger partial charge in [-0.1, -0.05) is 85.3 Å². The summed E-state index contributed by atoms with van der Waals surface area (Å²) in [6, 6.07) is 27.6. The fourth-order valence-electron chi connectivity index (χ4n) is 5.20. The quantitative estimate of drug-likeness (QED) is 0.192. The van der Waals surface area contributed by atoms with Crippen molar-refractivity contribution in [2.75, 3.05) is 10.8 Å². The number of benzene rings is 4. The van der Waals surface area contributed by atoms with Crippen molar-refractivity contribution in [2.24, 2.45) is 0 Å². The van der Waals surface area contributed by atoms with Crippen LogP contribution in [-0.2, 0) is 39.0 Å². The van der Waals surface area contributed by atoms with Crippen LogP contribution in [0.2, 0.25) is 0 Å². The van der Waals surface area contributed by atoms with E-state index in [9.17, 15) is 22.4 Å². The second kappa shape index (κ2) is 14.7. The fourth-order valence-corrected chi connectivity index (χ4v) is 6.65. The molecule has 4 aromatic carbocycles. The van der Waals surface area contributed by atoms with Crippen molar-refractivity contribution in [3.8, 4) is 0 Å². The van der Waals surface area contributed by atoms with E-state index in [1.807, 2.05) is 77.1 Å². The standard InChI is InChI=1S/C37H42FN3O4S/c1-6-30-14-10-11-15-33(30)41(46(44,45)32-22-16-27(2)17-23-32)26-35(42)40(25-29-18-20-31(38)21-19-29)34(36(43)39-37(3,4)5)24-28-12-8-7-9-13-28/h7-23,34H,6,24-26H2,1-5H3,(H,39,43)/t34-/m1/s1. The van der Waals surface area contributed by atoms with Gasteiger partial charge in [-0.2, -0.15) is 0 Å². The van der Waals surface area contributed by atoms with Crippen LogP contribution in [0.25, 0.3) is 0 Å². The first kappa shape index (κ1) is 34.4. The van der Waals surface area contributed by atoms with Crippen molar-refractivity contribution in [3.05, 3.63) is 131 Å². The predicted molar refractivity (Wildman–Crippen MR) is 180 cm³/mol. The average molecular weight is 644 g/mol. The minimum absolute atomic E-state index is 0.0397. The highest BCUT2D eigenvalue weighted by atomic mass is 32.2. The van der Waals surface area contributed by atoms with Gasteiger partial charge in [-0.3, -0.25) is 13.9 Å². The Bertz CT molecular complexity index is 1740. The minimum Gasteiger partial charge on any atom is -0.350 e. The summed E-state index contributed by atoms with van der Waals surface area (Å²) in [6.45, 7) is 8.76. The van der Waals surface area contributed by atoms with Gasteiger partial charge in [0.25, 0.3) is 10.0 Å². The van der Waals surface area contributed by atoms with Crippen LogP contribution in [0.1, 0.15) is 49.9 Å². The SMILES string of the molecule is CCc1ccccc1N(CC(=O)N(Cc1ccc(F)cc1)[C@H](Cc1ccccc1)C(=O)NC(C)(C)C)S(=O)(=O)c1ccc(C)cc1. The molecule has 0 fully saturated rings. The van der Waals surface area contributed by atoms with E-state index in [-0.39, 0.29) is 23.8 Å². The van der Waals surface area contributed by atoms with Crippen LogP contribution in [0.15, 0.2) is 108 Å². The minimum atomic E-state index is -4.21. The van der Waals surface area contributed by atoms with Gasteiger partial charge in [-0.15, -0.1) is 0 Å². The molecule has 0 aliphatic rings. The molecule has 0 aliphatic heterocycles. The third kappa shape index (κ3) is 8.81. The third-order valence-electron chi connectivity index (χ3n) is 7.56. The molecule has 9 heteroatoms. The molecule has 0 radical (unpaired) electrons. The number of hydrogen-bond donors (Lipinski definition) is 1. The van der Waals surface area contributed by atoms with Crippen LogP contribution < -0.4 is 9.62 Å². The molecular weight excluding hydrogens is 601 g/mol. The average Bonchev–Trinajstić information content (AvgIpc) is 3.02. The van der Waals surface area contributed by atoms with Crippen molar-refractivity contribution in [2.45, 2.75) is 70.5 Å². The molecule has 0 aromatic heterocycles. The Morgan fingerprint density at radius 1 is 0.826 bits per heavy atom. The van der Waals surface area contributed by atoms with E-state index in [0.29, 0.717) is 17.7 Å². The zero-order valence-corrected chi connectivity index (χ0v) is 27.9. The second-order valence-electron chi connectivity index (χ2n) is 12.4. The summed E-state index contributed by atoms with van der Waals surface area (Å²) in [7, 11) is -4.21. The van der Waals surface area contributed by atoms with Crippen LogP contribution in [0, 0.1) is 12.7 Å². The van der Waals surface area contributed by atoms with E-state index >= 15 is 0 Å². The van der Waals surface area contributed by atoms with Crippen LogP contribution in [-0.4, -0.2) is 43.3 Å². The zero-order chi connectivity index (χ0) is 33.5. The van der Waals surface area contributed by atoms with E-state index in [2.05, 4.69) is 5.32 Å². The molecule has 0 unspecified atom stereocenters. The highest BCUT2D eigenvalue weighted by molar-refractivity contribution is 7.92. The number of amides is 2. The van der Waals surface area contributed by atoms with Crippen LogP contribution in [0.4, 0.5) is 10.1 Å². The molecule has 0 spiro atoms. The Kier molecular flexibility index (Phi) is 11.0. The summed E-state index contributed by atoms with van der Waals surface area (Å²) in [5, 5.41) is 3.01. The Morgan fingerprint density at radius 3 is 2.04 bits per heavy atom. The van der Waals surface area contributed by atoms with Gasteiger partial charge in [-0.25, -0.2) is 12.8 Å². The van der Waals surface area contributed by atoms with Gasteiger partial charge < -0.3 is 10.2 Å². The number of para-hydroxylation sites is 1. The molecule has 0 saturated carbocycles. The lowest BCUT2D eigenvalue weighted by Gasteiger charge is -2.35. The van der Waals surface area contributed by atoms with Crippen molar-refractivity contribution in [1.29, 1.82) is 0 Å². The number of hydrogen-bond acceptors (Lipinski definition) is 4. The molecule has 1 atom stereocenters. The van der Waals surface area contributed by atoms with E-state index in [4.69, 9.17) is 0 Å². The van der Waals surface area contributed by atoms with Crippen molar-refractivity contribution < 1.29 is 22.4 Å². The molecule has 0 heterocycles. The second-order valence-corrected chi connectivity index (χ2v) is 14.3. The maximum atomic E-state index is 14.6. The Balaban J connectivity index is 1.84. The smallest absolute Gasteiger partial charge is 0.264 e. The number of halogens is 1. The summed E-state index contributed by atoms with van der Waals surface area (Å²) in [5.41, 5.74) is 2.86. The summed E-state index contributed by atoms with van der Waals surface area (Å²) in [4.78, 5) is 30.0. The normalized spacial score (nSPS) is 12.3. The van der Waals surface area contributed by atoms with Gasteiger partial charge in [0, 0.05) is 18.5 Å². The maximum absolute atomic E-state index is 14.6. The van der Waals surface area contributed by atoms with Crippen LogP contribution >= 0.6 is 0 Å². The predicted octanol–water partition coefficient (Wildman–Crippen LogP) is 6.45. The highest BCUT2D eigenvalue weighted by Gasteiger charge is 2.36. The number of anilines is 1. The highest BCUT2D eigenvalue weighted by Crippen LogP contribution is 2.29. The lowest BCUT2D eigenvalue weighted by molar-refractivity contribution is -0.140. The van der Waals surface area contributed by atoms with Crippen LogP contribution in [0.3, 0.4) is 0 Å². The molecule has 0 saturated heterocycles. The number of nitrogens with one attached hydrogen (secondary N) is 1. The van der Waals surface area contributed by atoms with Gasteiger partial charge >= 0.3 is 0 Å². The molecule has 0 bridgehead atoms. The molecule has 46 heavy (non-hydrogen) atoms. The Hall–Kier alpha value is -4.50. The Morgan fingerprint density at radius 2 is 1.43 bits per heavy atom. The van der Waals surface area contributed by atoms with E-state index in [1.165, 1.54) is 29.2 Å². The molecule has 4 aromatic rings. The topological polar surface area (TPSA) is 86.8 Å². The van der Waals surface area contributed by atoms with Gasteiger partial charge in [0.05, 0.1) is 10.6 Å². The number of sulfonamides is 1. The van der Waals surface area contributed by atoms with E-state index in [0.717, 1.165) is 21.0 Å². The van der Waals surface area contributed by atoms with E-state index < -0.39 is 39.9 Å². The number of aryl methyl sites for hydroxylation is 2. The number of carbonyl (C=O) groups is 2. The first-order chi connectivity index (χ1) is 21.8. The van der Waals surface area contributed by atoms with Gasteiger partial charge in [0.1, 0.15) is 18.4 Å². The number of rotatable bonds is 12. The van der Waals surface area contributed by atoms with Crippen molar-refractivity contribution in [1.82, 2.24) is 10.2 Å². The molecule has 242 valence electrons. The maximum Gasteiger partial charge on any atom is 0.264 e. The van der Waals surface area contributed by atoms with Gasteiger partial charge in [0.15, 0.2) is 0 Å². The largest absolute Gasteiger partial charge is 0.350 e. The first-order valence-electron chi connectivity index (χ1n) is 15.4. The molecule has 4 rings (SSSR count). The van der Waals surface area contributed by atoms with Crippen LogP contribution in [0.5, 0.6) is 0 Å². The summed E-state index contributed by atoms with van der Waals surface area (Å²) >= 11 is 0. The Labute approximate surface area is 272 Å². The monoisotopic (exact) mass is 643 g/mol. The summed E-state index contributed by atoms with van der Waals surface area (Å²) < 4.78 is 43.6. The summed E-state index contributed by atoms with van der Waals surface area (Å²) in [6.07, 6.45) is 0.722. The fraction of sp³-hybridized carbons (Fsp3) is 0.297. The van der Waals surface area contributed by atoms with Crippen molar-refractivity contribution >= 4 is 27.5 Å². The lowest BCUT2D eigenvalue weighted by atomic mass is 10.0. The molecule has 7 nitrogen and oxygen atoms in total. The zero-order valence-electron chi connectivity index (χ0n) is 27.0. The van der Waals surface area contributed by atoms with Gasteiger partial charge in [0.2, 0.25) is 11.8 Å². The molecular formula is C37H42FN3O4S. The molecule has 1 N–H and O–H groups in total. The lowest BCUT2D eigenvalue weighted by Crippen LogP contribution is -2.56. The summed E-state index contributed by atoms with van der Waals surface area (Å²) in [5.74, 6) is -1.39. The number of carbonyl (C=O) groups excluding carboxylic acids is 2. The van der Waals surface area contributed by atoms with Gasteiger partial charge in [-0.05, 0) is 81.1 Å². The first-order valence-corrected chi connectivity index (χ1v) is 16.8. The molecule has 2 amide bonds. The molecule has 0 aliphatic carbocycles. The number of nitrogens with zero attached hydrogens (tertiary/aromatic N) is 2. The third-order valence-corrected chi connectivity index (χ3v) is 9.34.